The molecule has 1 aromatic heterocycles. The number of hydrogen-bond donors (Lipinski definition) is 3. The van der Waals surface area contributed by atoms with Gasteiger partial charge >= 0.3 is 0 Å². The van der Waals surface area contributed by atoms with Gasteiger partial charge in [0.05, 0.1) is 0 Å². The zero-order valence-electron chi connectivity index (χ0n) is 9.09. The van der Waals surface area contributed by atoms with Crippen molar-refractivity contribution in [2.75, 3.05) is 13.6 Å². The molecule has 0 fully saturated rings. The molecule has 0 saturated heterocycles. The molecule has 1 aromatic carbocycles. The summed E-state index contributed by atoms with van der Waals surface area (Å²) in [4.78, 5) is 3.32. The summed E-state index contributed by atoms with van der Waals surface area (Å²) in [6, 6.07) is 5.45. The first-order valence-electron chi connectivity index (χ1n) is 5.17. The van der Waals surface area contributed by atoms with E-state index in [0.717, 1.165) is 23.9 Å². The van der Waals surface area contributed by atoms with Crippen molar-refractivity contribution in [3.05, 3.63) is 29.5 Å². The van der Waals surface area contributed by atoms with Crippen molar-refractivity contribution in [3.63, 3.8) is 0 Å². The lowest BCUT2D eigenvalue weighted by Crippen LogP contribution is -2.10. The molecular weight excluding hydrogens is 188 g/mol. The third-order valence-corrected chi connectivity index (χ3v) is 2.73. The summed E-state index contributed by atoms with van der Waals surface area (Å²) < 4.78 is 0. The number of likely N-dealkylation sites (N-methyl/N-ethyl adjacent to an activating group) is 1. The van der Waals surface area contributed by atoms with Crippen LogP contribution in [0.1, 0.15) is 11.3 Å². The van der Waals surface area contributed by atoms with E-state index in [1.807, 2.05) is 19.2 Å². The van der Waals surface area contributed by atoms with Gasteiger partial charge in [-0.1, -0.05) is 0 Å². The van der Waals surface area contributed by atoms with Gasteiger partial charge in [-0.3, -0.25) is 0 Å². The first kappa shape index (κ1) is 10.1. The molecule has 0 bridgehead atoms. The number of phenols is 1. The smallest absolute Gasteiger partial charge is 0.116 e. The minimum absolute atomic E-state index is 0.326. The molecule has 15 heavy (non-hydrogen) atoms. The Bertz CT molecular complexity index is 474. The summed E-state index contributed by atoms with van der Waals surface area (Å²) in [6.07, 6.45) is 0.978. The zero-order chi connectivity index (χ0) is 10.8. The Hall–Kier alpha value is -1.48. The van der Waals surface area contributed by atoms with Crippen LogP contribution in [0.3, 0.4) is 0 Å². The number of H-pyrrole nitrogens is 1. The highest BCUT2D eigenvalue weighted by Crippen LogP contribution is 2.25. The first-order chi connectivity index (χ1) is 7.22. The van der Waals surface area contributed by atoms with E-state index in [4.69, 9.17) is 0 Å². The van der Waals surface area contributed by atoms with E-state index in [2.05, 4.69) is 17.2 Å². The summed E-state index contributed by atoms with van der Waals surface area (Å²) in [6.45, 7) is 3.02. The molecule has 3 N–H and O–H groups in total. The molecule has 0 radical (unpaired) electrons. The molecule has 2 aromatic rings. The van der Waals surface area contributed by atoms with Gasteiger partial charge in [0, 0.05) is 16.6 Å². The van der Waals surface area contributed by atoms with E-state index in [0.29, 0.717) is 5.75 Å². The molecule has 0 saturated carbocycles. The number of fused-ring (bicyclic) bond motifs is 1. The van der Waals surface area contributed by atoms with Crippen LogP contribution in [0.15, 0.2) is 18.2 Å². The SMILES string of the molecule is CNCCc1c(C)[nH]c2ccc(O)cc12. The second-order valence-electron chi connectivity index (χ2n) is 3.81. The van der Waals surface area contributed by atoms with E-state index in [-0.39, 0.29) is 0 Å². The van der Waals surface area contributed by atoms with E-state index < -0.39 is 0 Å². The number of phenolic OH excluding ortho intramolecular Hbond substituents is 1. The van der Waals surface area contributed by atoms with Gasteiger partial charge in [-0.05, 0) is 50.7 Å². The third-order valence-electron chi connectivity index (χ3n) is 2.73. The maximum Gasteiger partial charge on any atom is 0.116 e. The standard InChI is InChI=1S/C12H16N2O/c1-8-10(5-6-13-2)11-7-9(15)3-4-12(11)14-8/h3-4,7,13-15H,5-6H2,1-2H3. The first-order valence-corrected chi connectivity index (χ1v) is 5.17. The Kier molecular flexibility index (Phi) is 2.64. The van der Waals surface area contributed by atoms with E-state index >= 15 is 0 Å². The Morgan fingerprint density at radius 3 is 2.93 bits per heavy atom. The lowest BCUT2D eigenvalue weighted by atomic mass is 10.1. The lowest BCUT2D eigenvalue weighted by molar-refractivity contribution is 0.476. The van der Waals surface area contributed by atoms with Crippen molar-refractivity contribution in [2.45, 2.75) is 13.3 Å². The maximum absolute atomic E-state index is 9.46. The summed E-state index contributed by atoms with van der Waals surface area (Å²) in [5.74, 6) is 0.326. The molecular formula is C12H16N2O. The fourth-order valence-corrected chi connectivity index (χ4v) is 1.94. The summed E-state index contributed by atoms with van der Waals surface area (Å²) in [5, 5.41) is 13.7. The topological polar surface area (TPSA) is 48.0 Å². The van der Waals surface area contributed by atoms with Crippen molar-refractivity contribution in [1.29, 1.82) is 0 Å². The molecule has 0 amide bonds. The minimum Gasteiger partial charge on any atom is -0.508 e. The Morgan fingerprint density at radius 2 is 2.20 bits per heavy atom. The minimum atomic E-state index is 0.326. The summed E-state index contributed by atoms with van der Waals surface area (Å²) >= 11 is 0. The Balaban J connectivity index is 2.50. The van der Waals surface area contributed by atoms with Crippen molar-refractivity contribution in [2.24, 2.45) is 0 Å². The van der Waals surface area contributed by atoms with Crippen molar-refractivity contribution < 1.29 is 5.11 Å². The van der Waals surface area contributed by atoms with Gasteiger partial charge < -0.3 is 15.4 Å². The quantitative estimate of drug-likeness (QED) is 0.715. The van der Waals surface area contributed by atoms with Crippen molar-refractivity contribution in [1.82, 2.24) is 10.3 Å². The summed E-state index contributed by atoms with van der Waals surface area (Å²) in [5.41, 5.74) is 3.57. The van der Waals surface area contributed by atoms with Gasteiger partial charge in [-0.25, -0.2) is 0 Å². The van der Waals surface area contributed by atoms with E-state index in [9.17, 15) is 5.11 Å². The van der Waals surface area contributed by atoms with Crippen LogP contribution in [0, 0.1) is 6.92 Å². The molecule has 80 valence electrons. The second kappa shape index (κ2) is 3.95. The van der Waals surface area contributed by atoms with Gasteiger partial charge in [0.1, 0.15) is 5.75 Å². The maximum atomic E-state index is 9.46. The van der Waals surface area contributed by atoms with Crippen LogP contribution in [-0.4, -0.2) is 23.7 Å². The van der Waals surface area contributed by atoms with E-state index in [1.165, 1.54) is 11.3 Å². The van der Waals surface area contributed by atoms with Crippen molar-refractivity contribution in [3.8, 4) is 5.75 Å². The number of hydrogen-bond acceptors (Lipinski definition) is 2. The fraction of sp³-hybridized carbons (Fsp3) is 0.333. The fourth-order valence-electron chi connectivity index (χ4n) is 1.94. The number of aromatic nitrogens is 1. The number of aromatic hydroxyl groups is 1. The lowest BCUT2D eigenvalue weighted by Gasteiger charge is -2.00. The predicted molar refractivity (Wildman–Crippen MR) is 62.3 cm³/mol. The van der Waals surface area contributed by atoms with Crippen LogP contribution >= 0.6 is 0 Å². The molecule has 0 atom stereocenters. The number of nitrogens with one attached hydrogen (secondary N) is 2. The molecule has 0 aliphatic rings. The summed E-state index contributed by atoms with van der Waals surface area (Å²) in [7, 11) is 1.95. The monoisotopic (exact) mass is 204 g/mol. The molecule has 0 spiro atoms. The average Bonchev–Trinajstić information content (AvgIpc) is 2.51. The van der Waals surface area contributed by atoms with E-state index in [1.54, 1.807) is 6.07 Å². The van der Waals surface area contributed by atoms with Gasteiger partial charge in [0.25, 0.3) is 0 Å². The normalized spacial score (nSPS) is 11.1. The Morgan fingerprint density at radius 1 is 1.40 bits per heavy atom. The third kappa shape index (κ3) is 1.83. The molecule has 0 unspecified atom stereocenters. The van der Waals surface area contributed by atoms with Crippen LogP contribution in [0.2, 0.25) is 0 Å². The van der Waals surface area contributed by atoms with Crippen LogP contribution in [0.4, 0.5) is 0 Å². The second-order valence-corrected chi connectivity index (χ2v) is 3.81. The number of aromatic amines is 1. The van der Waals surface area contributed by atoms with Gasteiger partial charge in [0.15, 0.2) is 0 Å². The highest BCUT2D eigenvalue weighted by atomic mass is 16.3. The van der Waals surface area contributed by atoms with Crippen LogP contribution in [0.5, 0.6) is 5.75 Å². The van der Waals surface area contributed by atoms with Crippen LogP contribution < -0.4 is 5.32 Å². The highest BCUT2D eigenvalue weighted by Gasteiger charge is 2.07. The van der Waals surface area contributed by atoms with Crippen LogP contribution in [0.25, 0.3) is 10.9 Å². The largest absolute Gasteiger partial charge is 0.508 e. The van der Waals surface area contributed by atoms with Gasteiger partial charge in [0.2, 0.25) is 0 Å². The van der Waals surface area contributed by atoms with Crippen LogP contribution in [-0.2, 0) is 6.42 Å². The molecule has 0 aliphatic carbocycles. The van der Waals surface area contributed by atoms with Crippen molar-refractivity contribution >= 4 is 10.9 Å². The molecule has 2 rings (SSSR count). The number of rotatable bonds is 3. The number of benzene rings is 1. The molecule has 3 heteroatoms. The van der Waals surface area contributed by atoms with Gasteiger partial charge in [-0.2, -0.15) is 0 Å². The van der Waals surface area contributed by atoms with Gasteiger partial charge in [-0.15, -0.1) is 0 Å². The molecule has 3 nitrogen and oxygen atoms in total. The average molecular weight is 204 g/mol. The predicted octanol–water partition coefficient (Wildman–Crippen LogP) is 1.94. The highest BCUT2D eigenvalue weighted by molar-refractivity contribution is 5.85. The molecule has 1 heterocycles. The zero-order valence-corrected chi connectivity index (χ0v) is 9.09. The number of aryl methyl sites for hydroxylation is 1. The molecule has 0 aliphatic heterocycles. The Labute approximate surface area is 89.1 Å².